The second kappa shape index (κ2) is 3.27. The van der Waals surface area contributed by atoms with Gasteiger partial charge in [-0.25, -0.2) is 4.98 Å². The van der Waals surface area contributed by atoms with Gasteiger partial charge in [0.05, 0.1) is 13.1 Å². The number of hydrogen-bond acceptors (Lipinski definition) is 3. The normalized spacial score (nSPS) is 19.7. The maximum absolute atomic E-state index is 5.36. The molecule has 1 aromatic rings. The number of nitrogens with zero attached hydrogens (tertiary/aromatic N) is 2. The van der Waals surface area contributed by atoms with E-state index in [0.717, 1.165) is 25.9 Å². The Labute approximate surface area is 72.1 Å². The molecule has 0 unspecified atom stereocenters. The fraction of sp³-hybridized carbons (Fsp3) is 0.714. The molecule has 0 aliphatic carbocycles. The minimum Gasteiger partial charge on any atom is -0.346 e. The molecule has 2 radical (unpaired) electrons. The second-order valence-electron chi connectivity index (χ2n) is 3.13. The topological polar surface area (TPSA) is 55.5 Å². The van der Waals surface area contributed by atoms with E-state index in [9.17, 15) is 0 Å². The third kappa shape index (κ3) is 1.50. The summed E-state index contributed by atoms with van der Waals surface area (Å²) in [7, 11) is 5.36. The van der Waals surface area contributed by atoms with Gasteiger partial charge < -0.3 is 9.84 Å². The van der Waals surface area contributed by atoms with Crippen LogP contribution in [-0.4, -0.2) is 31.1 Å². The van der Waals surface area contributed by atoms with E-state index in [0.29, 0.717) is 11.8 Å². The highest BCUT2D eigenvalue weighted by molar-refractivity contribution is 6.28. The number of rotatable bonds is 1. The van der Waals surface area contributed by atoms with Crippen molar-refractivity contribution in [3.63, 3.8) is 0 Å². The van der Waals surface area contributed by atoms with Gasteiger partial charge in [-0.3, -0.25) is 0 Å². The average molecular weight is 164 g/mol. The largest absolute Gasteiger partial charge is 0.346 e. The highest BCUT2D eigenvalue weighted by Crippen LogP contribution is 2.19. The fourth-order valence-corrected chi connectivity index (χ4v) is 1.59. The summed E-state index contributed by atoms with van der Waals surface area (Å²) in [6.07, 6.45) is 2.23. The van der Waals surface area contributed by atoms with Crippen molar-refractivity contribution in [1.29, 1.82) is 0 Å². The van der Waals surface area contributed by atoms with Crippen molar-refractivity contribution in [1.82, 2.24) is 10.1 Å². The van der Waals surface area contributed by atoms with Crippen molar-refractivity contribution in [3.8, 4) is 0 Å². The van der Waals surface area contributed by atoms with Crippen molar-refractivity contribution >= 4 is 13.6 Å². The standard InChI is InChI=1S/C7H10BN3O/c8-7-10-6(12-11-7)5-1-3-9-4-2-5/h5,9H,1-4H2/p+1. The zero-order valence-electron chi connectivity index (χ0n) is 6.86. The van der Waals surface area contributed by atoms with Gasteiger partial charge in [0, 0.05) is 18.8 Å². The van der Waals surface area contributed by atoms with Crippen LogP contribution in [0.25, 0.3) is 0 Å². The van der Waals surface area contributed by atoms with Crippen LogP contribution in [0.3, 0.4) is 0 Å². The predicted molar refractivity (Wildman–Crippen MR) is 43.3 cm³/mol. The summed E-state index contributed by atoms with van der Waals surface area (Å²) in [5, 5.41) is 5.88. The van der Waals surface area contributed by atoms with Gasteiger partial charge in [0.1, 0.15) is 5.72 Å². The highest BCUT2D eigenvalue weighted by Gasteiger charge is 2.22. The van der Waals surface area contributed by atoms with Gasteiger partial charge in [0.25, 0.3) is 0 Å². The maximum Gasteiger partial charge on any atom is 0.229 e. The molecule has 1 fully saturated rings. The van der Waals surface area contributed by atoms with E-state index in [-0.39, 0.29) is 5.72 Å². The molecule has 0 amide bonds. The van der Waals surface area contributed by atoms with Crippen LogP contribution in [0.1, 0.15) is 24.7 Å². The van der Waals surface area contributed by atoms with E-state index in [2.05, 4.69) is 15.5 Å². The molecule has 5 heteroatoms. The van der Waals surface area contributed by atoms with Crippen molar-refractivity contribution < 1.29 is 9.84 Å². The second-order valence-corrected chi connectivity index (χ2v) is 3.13. The number of piperidine rings is 1. The van der Waals surface area contributed by atoms with Crippen LogP contribution in [0.5, 0.6) is 0 Å². The fourth-order valence-electron chi connectivity index (χ4n) is 1.59. The Morgan fingerprint density at radius 2 is 2.17 bits per heavy atom. The Kier molecular flexibility index (Phi) is 2.12. The van der Waals surface area contributed by atoms with Crippen LogP contribution in [0, 0.1) is 0 Å². The van der Waals surface area contributed by atoms with Crippen LogP contribution in [0.15, 0.2) is 4.52 Å². The SMILES string of the molecule is [B]c1noc(C2CC[NH2+]CC2)n1. The van der Waals surface area contributed by atoms with Crippen LogP contribution < -0.4 is 11.0 Å². The van der Waals surface area contributed by atoms with E-state index >= 15 is 0 Å². The number of hydrogen-bond donors (Lipinski definition) is 1. The molecule has 12 heavy (non-hydrogen) atoms. The van der Waals surface area contributed by atoms with Crippen molar-refractivity contribution in [3.05, 3.63) is 5.89 Å². The van der Waals surface area contributed by atoms with Gasteiger partial charge in [0.15, 0.2) is 7.85 Å². The summed E-state index contributed by atoms with van der Waals surface area (Å²) in [6.45, 7) is 2.29. The van der Waals surface area contributed by atoms with Gasteiger partial charge in [0.2, 0.25) is 5.89 Å². The first-order valence-corrected chi connectivity index (χ1v) is 4.27. The molecule has 2 heterocycles. The summed E-state index contributed by atoms with van der Waals surface area (Å²) in [5.74, 6) is 1.14. The smallest absolute Gasteiger partial charge is 0.229 e. The Hall–Kier alpha value is -0.835. The monoisotopic (exact) mass is 164 g/mol. The lowest BCUT2D eigenvalue weighted by Gasteiger charge is -2.15. The molecule has 4 nitrogen and oxygen atoms in total. The third-order valence-electron chi connectivity index (χ3n) is 2.25. The third-order valence-corrected chi connectivity index (χ3v) is 2.25. The summed E-state index contributed by atoms with van der Waals surface area (Å²) in [6, 6.07) is 0. The molecule has 1 aliphatic rings. The molecule has 0 saturated carbocycles. The molecule has 0 aromatic carbocycles. The number of aromatic nitrogens is 2. The Morgan fingerprint density at radius 3 is 2.75 bits per heavy atom. The average Bonchev–Trinajstić information content (AvgIpc) is 2.54. The molecule has 2 N–H and O–H groups in total. The lowest BCUT2D eigenvalue weighted by molar-refractivity contribution is -0.663. The van der Waals surface area contributed by atoms with Gasteiger partial charge in [-0.2, -0.15) is 0 Å². The predicted octanol–water partition coefficient (Wildman–Crippen LogP) is -1.70. The maximum atomic E-state index is 5.36. The van der Waals surface area contributed by atoms with Gasteiger partial charge in [-0.15, -0.1) is 0 Å². The zero-order valence-corrected chi connectivity index (χ0v) is 6.86. The molecular weight excluding hydrogens is 153 g/mol. The first kappa shape index (κ1) is 7.80. The molecule has 1 aromatic heterocycles. The molecule has 2 rings (SSSR count). The Balaban J connectivity index is 2.08. The van der Waals surface area contributed by atoms with Crippen LogP contribution in [0.2, 0.25) is 0 Å². The summed E-state index contributed by atoms with van der Waals surface area (Å²) in [4.78, 5) is 4.02. The molecule has 62 valence electrons. The lowest BCUT2D eigenvalue weighted by atomic mass is 9.98. The minimum atomic E-state index is 0.250. The van der Waals surface area contributed by atoms with Crippen LogP contribution >= 0.6 is 0 Å². The van der Waals surface area contributed by atoms with Crippen molar-refractivity contribution in [2.45, 2.75) is 18.8 Å². The van der Waals surface area contributed by atoms with Crippen molar-refractivity contribution in [2.24, 2.45) is 0 Å². The van der Waals surface area contributed by atoms with E-state index < -0.39 is 0 Å². The number of quaternary nitrogens is 1. The quantitative estimate of drug-likeness (QED) is 0.503. The van der Waals surface area contributed by atoms with Crippen molar-refractivity contribution in [2.75, 3.05) is 13.1 Å². The molecule has 1 aliphatic heterocycles. The lowest BCUT2D eigenvalue weighted by Crippen LogP contribution is -2.86. The number of nitrogens with two attached hydrogens (primary N) is 1. The van der Waals surface area contributed by atoms with E-state index in [1.165, 1.54) is 0 Å². The zero-order chi connectivity index (χ0) is 8.39. The van der Waals surface area contributed by atoms with E-state index in [4.69, 9.17) is 12.4 Å². The van der Waals surface area contributed by atoms with E-state index in [1.807, 2.05) is 0 Å². The molecule has 0 bridgehead atoms. The summed E-state index contributed by atoms with van der Waals surface area (Å²) >= 11 is 0. The first-order valence-electron chi connectivity index (χ1n) is 4.27. The van der Waals surface area contributed by atoms with E-state index in [1.54, 1.807) is 0 Å². The highest BCUT2D eigenvalue weighted by atomic mass is 16.5. The van der Waals surface area contributed by atoms with Crippen LogP contribution in [-0.2, 0) is 0 Å². The van der Waals surface area contributed by atoms with Crippen LogP contribution in [0.4, 0.5) is 0 Å². The molecule has 1 saturated heterocycles. The van der Waals surface area contributed by atoms with Gasteiger partial charge in [-0.1, -0.05) is 5.16 Å². The summed E-state index contributed by atoms with van der Waals surface area (Å²) in [5.41, 5.74) is 0.250. The first-order chi connectivity index (χ1) is 5.86. The molecule has 0 spiro atoms. The Bertz CT molecular complexity index is 257. The van der Waals surface area contributed by atoms with Gasteiger partial charge >= 0.3 is 0 Å². The Morgan fingerprint density at radius 1 is 1.42 bits per heavy atom. The van der Waals surface area contributed by atoms with Gasteiger partial charge in [-0.05, 0) is 0 Å². The molecular formula is C7H11BN3O+. The molecule has 0 atom stereocenters. The summed E-state index contributed by atoms with van der Waals surface area (Å²) < 4.78 is 5.00. The minimum absolute atomic E-state index is 0.250.